The van der Waals surface area contributed by atoms with Gasteiger partial charge >= 0.3 is 0 Å². The van der Waals surface area contributed by atoms with Crippen molar-refractivity contribution in [3.8, 4) is 5.69 Å². The fraction of sp³-hybridized carbons (Fsp3) is 0.310. The summed E-state index contributed by atoms with van der Waals surface area (Å²) in [6, 6.07) is 10.3. The van der Waals surface area contributed by atoms with Crippen molar-refractivity contribution in [1.82, 2.24) is 14.5 Å². The Morgan fingerprint density at radius 3 is 2.50 bits per heavy atom. The molecule has 1 N–H and O–H groups in total. The molecule has 0 atom stereocenters. The average molecular weight is 561 g/mol. The number of hydrogen-bond donors (Lipinski definition) is 1. The highest BCUT2D eigenvalue weighted by atomic mass is 32.2. The Balaban J connectivity index is 1.35. The Labute approximate surface area is 233 Å². The van der Waals surface area contributed by atoms with Gasteiger partial charge in [0.05, 0.1) is 27.0 Å². The van der Waals surface area contributed by atoms with E-state index in [2.05, 4.69) is 35.4 Å². The van der Waals surface area contributed by atoms with Crippen LogP contribution in [0.4, 0.5) is 5.13 Å². The maximum absolute atomic E-state index is 14.0. The number of thioether (sulfide) groups is 1. The molecular weight excluding hydrogens is 533 g/mol. The van der Waals surface area contributed by atoms with Gasteiger partial charge in [-0.25, -0.2) is 9.97 Å². The number of fused-ring (bicyclic) bond motifs is 4. The third-order valence-corrected chi connectivity index (χ3v) is 9.87. The third kappa shape index (κ3) is 4.67. The largest absolute Gasteiger partial charge is 0.301 e. The number of benzene rings is 2. The van der Waals surface area contributed by atoms with Gasteiger partial charge in [-0.05, 0) is 99.4 Å². The predicted molar refractivity (Wildman–Crippen MR) is 160 cm³/mol. The highest BCUT2D eigenvalue weighted by molar-refractivity contribution is 7.99. The number of carbonyl (C=O) groups excluding carboxylic acids is 1. The number of thiophene rings is 1. The summed E-state index contributed by atoms with van der Waals surface area (Å²) >= 11 is 4.40. The van der Waals surface area contributed by atoms with Crippen molar-refractivity contribution in [2.24, 2.45) is 0 Å². The van der Waals surface area contributed by atoms with Gasteiger partial charge in [0.25, 0.3) is 5.56 Å². The van der Waals surface area contributed by atoms with Gasteiger partial charge in [-0.3, -0.25) is 14.2 Å². The minimum Gasteiger partial charge on any atom is -0.301 e. The van der Waals surface area contributed by atoms with Gasteiger partial charge in [0, 0.05) is 4.88 Å². The molecule has 5 aromatic rings. The van der Waals surface area contributed by atoms with Gasteiger partial charge < -0.3 is 5.32 Å². The SMILES string of the molecule is Cc1cc(C)cc(-n2c(SCC(=O)Nc3nc4c(C)cc(C)cc4s3)nc3sc4c(c3c2=O)CCCC4)c1. The summed E-state index contributed by atoms with van der Waals surface area (Å²) in [6.07, 6.45) is 4.18. The first-order valence-corrected chi connectivity index (χ1v) is 15.3. The maximum atomic E-state index is 14.0. The average Bonchev–Trinajstić information content (AvgIpc) is 3.43. The molecular formula is C29H28N4O2S3. The Bertz CT molecular complexity index is 1780. The van der Waals surface area contributed by atoms with E-state index in [0.29, 0.717) is 10.3 Å². The number of nitrogens with zero attached hydrogens (tertiary/aromatic N) is 3. The van der Waals surface area contributed by atoms with Crippen LogP contribution in [-0.4, -0.2) is 26.2 Å². The van der Waals surface area contributed by atoms with E-state index in [4.69, 9.17) is 4.98 Å². The molecule has 194 valence electrons. The molecule has 0 saturated heterocycles. The Morgan fingerprint density at radius 2 is 1.71 bits per heavy atom. The maximum Gasteiger partial charge on any atom is 0.267 e. The predicted octanol–water partition coefficient (Wildman–Crippen LogP) is 6.90. The van der Waals surface area contributed by atoms with Crippen molar-refractivity contribution < 1.29 is 4.79 Å². The molecule has 0 spiro atoms. The molecule has 6 nitrogen and oxygen atoms in total. The van der Waals surface area contributed by atoms with Crippen LogP contribution in [0.5, 0.6) is 0 Å². The van der Waals surface area contributed by atoms with Gasteiger partial charge in [-0.1, -0.05) is 35.2 Å². The number of aromatic nitrogens is 3. The number of carbonyl (C=O) groups is 1. The number of nitrogens with one attached hydrogen (secondary N) is 1. The van der Waals surface area contributed by atoms with E-state index in [1.54, 1.807) is 15.9 Å². The van der Waals surface area contributed by atoms with Crippen molar-refractivity contribution >= 4 is 65.9 Å². The molecule has 0 fully saturated rings. The van der Waals surface area contributed by atoms with Crippen LogP contribution in [0, 0.1) is 27.7 Å². The molecule has 0 aliphatic heterocycles. The van der Waals surface area contributed by atoms with E-state index in [1.807, 2.05) is 32.9 Å². The first kappa shape index (κ1) is 25.3. The monoisotopic (exact) mass is 560 g/mol. The fourth-order valence-corrected chi connectivity index (χ4v) is 8.47. The Hall–Kier alpha value is -3.01. The highest BCUT2D eigenvalue weighted by Crippen LogP contribution is 2.35. The summed E-state index contributed by atoms with van der Waals surface area (Å²) in [4.78, 5) is 38.7. The van der Waals surface area contributed by atoms with Crippen molar-refractivity contribution in [2.75, 3.05) is 11.1 Å². The van der Waals surface area contributed by atoms with Gasteiger partial charge in [0.2, 0.25) is 5.91 Å². The first-order valence-electron chi connectivity index (χ1n) is 12.7. The van der Waals surface area contributed by atoms with Crippen LogP contribution in [0.1, 0.15) is 45.5 Å². The van der Waals surface area contributed by atoms with Gasteiger partial charge in [0.15, 0.2) is 10.3 Å². The molecule has 38 heavy (non-hydrogen) atoms. The van der Waals surface area contributed by atoms with Gasteiger partial charge in [-0.2, -0.15) is 0 Å². The van der Waals surface area contributed by atoms with E-state index in [0.717, 1.165) is 68.5 Å². The smallest absolute Gasteiger partial charge is 0.267 e. The van der Waals surface area contributed by atoms with E-state index >= 15 is 0 Å². The van der Waals surface area contributed by atoms with Crippen LogP contribution in [0.3, 0.4) is 0 Å². The molecule has 6 rings (SSSR count). The van der Waals surface area contributed by atoms with Gasteiger partial charge in [-0.15, -0.1) is 11.3 Å². The zero-order valence-corrected chi connectivity index (χ0v) is 24.3. The number of aryl methyl sites for hydroxylation is 6. The fourth-order valence-electron chi connectivity index (χ4n) is 5.30. The Morgan fingerprint density at radius 1 is 0.974 bits per heavy atom. The van der Waals surface area contributed by atoms with Crippen LogP contribution >= 0.6 is 34.4 Å². The number of rotatable bonds is 5. The zero-order chi connectivity index (χ0) is 26.6. The second-order valence-electron chi connectivity index (χ2n) is 10.1. The lowest BCUT2D eigenvalue weighted by molar-refractivity contribution is -0.113. The zero-order valence-electron chi connectivity index (χ0n) is 21.8. The Kier molecular flexibility index (Phi) is 6.62. The van der Waals surface area contributed by atoms with E-state index < -0.39 is 0 Å². The third-order valence-electron chi connectivity index (χ3n) is 6.83. The molecule has 9 heteroatoms. The molecule has 1 amide bonds. The summed E-state index contributed by atoms with van der Waals surface area (Å²) in [5.74, 6) is -0.0443. The minimum absolute atomic E-state index is 0.0423. The second kappa shape index (κ2) is 9.94. The summed E-state index contributed by atoms with van der Waals surface area (Å²) in [5.41, 5.74) is 7.26. The van der Waals surface area contributed by atoms with Gasteiger partial charge in [0.1, 0.15) is 4.83 Å². The molecule has 1 aliphatic rings. The van der Waals surface area contributed by atoms with Crippen molar-refractivity contribution in [3.05, 3.63) is 73.4 Å². The molecule has 2 aromatic carbocycles. The molecule has 3 aromatic heterocycles. The highest BCUT2D eigenvalue weighted by Gasteiger charge is 2.23. The number of amides is 1. The quantitative estimate of drug-likeness (QED) is 0.187. The molecule has 0 saturated carbocycles. The van der Waals surface area contributed by atoms with Crippen LogP contribution in [-0.2, 0) is 17.6 Å². The van der Waals surface area contributed by atoms with Crippen molar-refractivity contribution in [3.63, 3.8) is 0 Å². The molecule has 3 heterocycles. The summed E-state index contributed by atoms with van der Waals surface area (Å²) in [5, 5.41) is 4.82. The van der Waals surface area contributed by atoms with E-state index in [-0.39, 0.29) is 17.2 Å². The topological polar surface area (TPSA) is 76.9 Å². The number of anilines is 1. The van der Waals surface area contributed by atoms with Crippen LogP contribution in [0.15, 0.2) is 40.3 Å². The molecule has 0 unspecified atom stereocenters. The lowest BCUT2D eigenvalue weighted by atomic mass is 9.97. The van der Waals surface area contributed by atoms with Crippen molar-refractivity contribution in [1.29, 1.82) is 0 Å². The van der Waals surface area contributed by atoms with Crippen LogP contribution in [0.25, 0.3) is 26.1 Å². The summed E-state index contributed by atoms with van der Waals surface area (Å²) in [6.45, 7) is 8.15. The van der Waals surface area contributed by atoms with Crippen LogP contribution < -0.4 is 10.9 Å². The second-order valence-corrected chi connectivity index (χ2v) is 13.1. The molecule has 0 radical (unpaired) electrons. The minimum atomic E-state index is -0.171. The summed E-state index contributed by atoms with van der Waals surface area (Å²) < 4.78 is 2.76. The van der Waals surface area contributed by atoms with E-state index in [9.17, 15) is 9.59 Å². The van der Waals surface area contributed by atoms with Crippen molar-refractivity contribution in [2.45, 2.75) is 58.5 Å². The lowest BCUT2D eigenvalue weighted by Gasteiger charge is -2.14. The first-order chi connectivity index (χ1) is 18.3. The molecule has 0 bridgehead atoms. The van der Waals surface area contributed by atoms with Crippen LogP contribution in [0.2, 0.25) is 0 Å². The molecule has 1 aliphatic carbocycles. The normalized spacial score (nSPS) is 13.3. The lowest BCUT2D eigenvalue weighted by Crippen LogP contribution is -2.23. The number of hydrogen-bond acceptors (Lipinski definition) is 7. The number of thiazole rings is 1. The summed E-state index contributed by atoms with van der Waals surface area (Å²) in [7, 11) is 0. The van der Waals surface area contributed by atoms with E-state index in [1.165, 1.54) is 39.1 Å². The standard InChI is InChI=1S/C29H28N4O2S3/c1-15-9-16(2)12-19(11-15)33-27(35)24-20-7-5-6-8-21(20)37-26(24)32-29(33)36-14-23(34)30-28-31-25-18(4)10-17(3)13-22(25)38-28/h9-13H,5-8,14H2,1-4H3,(H,30,31,34).